The normalized spacial score (nSPS) is 13.7. The first kappa shape index (κ1) is 18.7. The fourth-order valence-corrected chi connectivity index (χ4v) is 2.57. The highest BCUT2D eigenvalue weighted by atomic mass is 16.4. The van der Waals surface area contributed by atoms with E-state index in [1.807, 2.05) is 20.8 Å². The predicted molar refractivity (Wildman–Crippen MR) is 80.7 cm³/mol. The molecule has 0 aromatic carbocycles. The van der Waals surface area contributed by atoms with E-state index in [9.17, 15) is 9.59 Å². The number of carboxylic acid groups (broad SMARTS) is 1. The molecule has 20 heavy (non-hydrogen) atoms. The summed E-state index contributed by atoms with van der Waals surface area (Å²) in [5.41, 5.74) is -0.164. The molecule has 0 saturated heterocycles. The van der Waals surface area contributed by atoms with Gasteiger partial charge in [0.25, 0.3) is 0 Å². The molecule has 5 nitrogen and oxygen atoms in total. The fraction of sp³-hybridized carbons (Fsp3) is 0.867. The molecule has 0 aliphatic rings. The number of aliphatic carboxylic acids is 1. The van der Waals surface area contributed by atoms with Gasteiger partial charge < -0.3 is 15.7 Å². The Morgan fingerprint density at radius 2 is 1.70 bits per heavy atom. The van der Waals surface area contributed by atoms with Gasteiger partial charge in [0, 0.05) is 18.5 Å². The molecule has 3 N–H and O–H groups in total. The predicted octanol–water partition coefficient (Wildman–Crippen LogP) is 3.00. The Morgan fingerprint density at radius 3 is 2.10 bits per heavy atom. The van der Waals surface area contributed by atoms with E-state index in [0.717, 1.165) is 12.8 Å². The molecule has 0 bridgehead atoms. The van der Waals surface area contributed by atoms with E-state index in [4.69, 9.17) is 5.11 Å². The number of rotatable bonds is 7. The van der Waals surface area contributed by atoms with Gasteiger partial charge in [-0.1, -0.05) is 34.1 Å². The summed E-state index contributed by atoms with van der Waals surface area (Å²) in [6.45, 7) is 12.7. The summed E-state index contributed by atoms with van der Waals surface area (Å²) in [5, 5.41) is 14.5. The first-order chi connectivity index (χ1) is 8.95. The van der Waals surface area contributed by atoms with Crippen LogP contribution in [0.1, 0.15) is 60.8 Å². The van der Waals surface area contributed by atoms with E-state index in [1.54, 1.807) is 0 Å². The molecular weight excluding hydrogens is 256 g/mol. The van der Waals surface area contributed by atoms with Gasteiger partial charge in [-0.25, -0.2) is 4.79 Å². The van der Waals surface area contributed by atoms with Gasteiger partial charge in [-0.15, -0.1) is 0 Å². The Morgan fingerprint density at radius 1 is 1.15 bits per heavy atom. The molecule has 5 heteroatoms. The highest BCUT2D eigenvalue weighted by Crippen LogP contribution is 2.26. The van der Waals surface area contributed by atoms with Gasteiger partial charge in [-0.05, 0) is 31.6 Å². The van der Waals surface area contributed by atoms with Crippen molar-refractivity contribution >= 4 is 12.0 Å². The largest absolute Gasteiger partial charge is 0.481 e. The summed E-state index contributed by atoms with van der Waals surface area (Å²) in [6, 6.07) is -0.233. The second-order valence-corrected chi connectivity index (χ2v) is 7.33. The molecule has 0 aliphatic carbocycles. The average Bonchev–Trinajstić information content (AvgIpc) is 2.19. The zero-order chi connectivity index (χ0) is 16.0. The van der Waals surface area contributed by atoms with Crippen molar-refractivity contribution in [2.75, 3.05) is 6.54 Å². The van der Waals surface area contributed by atoms with Crippen LogP contribution in [0.15, 0.2) is 0 Å². The first-order valence-electron chi connectivity index (χ1n) is 7.23. The van der Waals surface area contributed by atoms with Gasteiger partial charge in [0.1, 0.15) is 0 Å². The molecule has 0 spiro atoms. The highest BCUT2D eigenvalue weighted by molar-refractivity contribution is 5.74. The van der Waals surface area contributed by atoms with Crippen LogP contribution < -0.4 is 10.6 Å². The van der Waals surface area contributed by atoms with Gasteiger partial charge in [-0.2, -0.15) is 0 Å². The summed E-state index contributed by atoms with van der Waals surface area (Å²) in [7, 11) is 0. The number of nitrogens with one attached hydrogen (secondary N) is 2. The lowest BCUT2D eigenvalue weighted by molar-refractivity contribution is -0.138. The molecule has 0 saturated carbocycles. The summed E-state index contributed by atoms with van der Waals surface area (Å²) < 4.78 is 0. The smallest absolute Gasteiger partial charge is 0.315 e. The minimum absolute atomic E-state index is 0.0241. The van der Waals surface area contributed by atoms with Crippen LogP contribution >= 0.6 is 0 Å². The fourth-order valence-electron chi connectivity index (χ4n) is 2.57. The lowest BCUT2D eigenvalue weighted by Crippen LogP contribution is -2.50. The number of carbonyl (C=O) groups is 2. The molecule has 0 heterocycles. The van der Waals surface area contributed by atoms with Crippen LogP contribution in [0, 0.1) is 11.3 Å². The summed E-state index contributed by atoms with van der Waals surface area (Å²) in [6.07, 6.45) is 1.68. The van der Waals surface area contributed by atoms with E-state index in [2.05, 4.69) is 31.4 Å². The molecule has 1 unspecified atom stereocenters. The summed E-state index contributed by atoms with van der Waals surface area (Å²) in [5.74, 6) is -0.851. The van der Waals surface area contributed by atoms with Crippen LogP contribution in [0.25, 0.3) is 0 Å². The lowest BCUT2D eigenvalue weighted by atomic mass is 9.82. The Labute approximate surface area is 122 Å². The van der Waals surface area contributed by atoms with Gasteiger partial charge in [0.2, 0.25) is 0 Å². The van der Waals surface area contributed by atoms with Crippen molar-refractivity contribution < 1.29 is 14.7 Å². The van der Waals surface area contributed by atoms with Crippen LogP contribution in [-0.4, -0.2) is 29.2 Å². The summed E-state index contributed by atoms with van der Waals surface area (Å²) >= 11 is 0. The molecule has 0 aromatic rings. The van der Waals surface area contributed by atoms with Crippen molar-refractivity contribution in [2.24, 2.45) is 11.3 Å². The number of hydrogen-bond acceptors (Lipinski definition) is 2. The second-order valence-electron chi connectivity index (χ2n) is 7.33. The SMILES string of the molecule is CCC(CNC(=O)NC(C)(C)CC(C)(C)C)CC(=O)O. The average molecular weight is 286 g/mol. The van der Waals surface area contributed by atoms with Crippen LogP contribution in [-0.2, 0) is 4.79 Å². The van der Waals surface area contributed by atoms with E-state index < -0.39 is 5.97 Å². The third-order valence-corrected chi connectivity index (χ3v) is 3.02. The number of carbonyl (C=O) groups excluding carboxylic acids is 1. The minimum Gasteiger partial charge on any atom is -0.481 e. The molecule has 0 fully saturated rings. The first-order valence-corrected chi connectivity index (χ1v) is 7.23. The third kappa shape index (κ3) is 9.64. The Kier molecular flexibility index (Phi) is 7.03. The van der Waals surface area contributed by atoms with Crippen molar-refractivity contribution in [3.8, 4) is 0 Å². The van der Waals surface area contributed by atoms with Crippen LogP contribution in [0.4, 0.5) is 4.79 Å². The maximum absolute atomic E-state index is 11.9. The zero-order valence-corrected chi connectivity index (χ0v) is 13.7. The minimum atomic E-state index is -0.827. The maximum atomic E-state index is 11.9. The van der Waals surface area contributed by atoms with Gasteiger partial charge >= 0.3 is 12.0 Å². The quantitative estimate of drug-likeness (QED) is 0.673. The highest BCUT2D eigenvalue weighted by Gasteiger charge is 2.27. The molecule has 0 aliphatic heterocycles. The molecule has 1 atom stereocenters. The van der Waals surface area contributed by atoms with Gasteiger partial charge in [0.05, 0.1) is 0 Å². The van der Waals surface area contributed by atoms with Crippen LogP contribution in [0.2, 0.25) is 0 Å². The maximum Gasteiger partial charge on any atom is 0.315 e. The van der Waals surface area contributed by atoms with E-state index in [-0.39, 0.29) is 29.3 Å². The van der Waals surface area contributed by atoms with E-state index >= 15 is 0 Å². The van der Waals surface area contributed by atoms with E-state index in [1.165, 1.54) is 0 Å². The molecule has 0 aromatic heterocycles. The Balaban J connectivity index is 4.25. The van der Waals surface area contributed by atoms with Crippen LogP contribution in [0.5, 0.6) is 0 Å². The monoisotopic (exact) mass is 286 g/mol. The molecule has 0 rings (SSSR count). The number of carboxylic acids is 1. The van der Waals surface area contributed by atoms with Crippen molar-refractivity contribution in [1.82, 2.24) is 10.6 Å². The van der Waals surface area contributed by atoms with Crippen molar-refractivity contribution in [1.29, 1.82) is 0 Å². The number of urea groups is 1. The van der Waals surface area contributed by atoms with Crippen LogP contribution in [0.3, 0.4) is 0 Å². The topological polar surface area (TPSA) is 78.4 Å². The zero-order valence-electron chi connectivity index (χ0n) is 13.7. The Bertz CT molecular complexity index is 333. The third-order valence-electron chi connectivity index (χ3n) is 3.02. The van der Waals surface area contributed by atoms with Crippen molar-refractivity contribution in [3.63, 3.8) is 0 Å². The van der Waals surface area contributed by atoms with Gasteiger partial charge in [-0.3, -0.25) is 4.79 Å². The van der Waals surface area contributed by atoms with E-state index in [0.29, 0.717) is 6.54 Å². The molecule has 2 amide bonds. The van der Waals surface area contributed by atoms with Crippen molar-refractivity contribution in [3.05, 3.63) is 0 Å². The second kappa shape index (κ2) is 7.50. The standard InChI is InChI=1S/C15H30N2O3/c1-7-11(8-12(18)19)9-16-13(20)17-15(5,6)10-14(2,3)4/h11H,7-10H2,1-6H3,(H,18,19)(H2,16,17,20). The number of amides is 2. The molecule has 0 radical (unpaired) electrons. The number of hydrogen-bond donors (Lipinski definition) is 3. The molecular formula is C15H30N2O3. The van der Waals surface area contributed by atoms with Crippen molar-refractivity contribution in [2.45, 2.75) is 66.3 Å². The Hall–Kier alpha value is -1.26. The van der Waals surface area contributed by atoms with Gasteiger partial charge in [0.15, 0.2) is 0 Å². The molecule has 118 valence electrons. The summed E-state index contributed by atoms with van der Waals surface area (Å²) in [4.78, 5) is 22.6. The lowest BCUT2D eigenvalue weighted by Gasteiger charge is -2.33.